The molecule has 0 unspecified atom stereocenters. The molecule has 0 saturated carbocycles. The van der Waals surface area contributed by atoms with Gasteiger partial charge in [0.1, 0.15) is 0 Å². The normalized spacial score (nSPS) is 10.1. The molecule has 1 aromatic rings. The van der Waals surface area contributed by atoms with E-state index in [-0.39, 0.29) is 5.97 Å². The fourth-order valence-corrected chi connectivity index (χ4v) is 1.89. The van der Waals surface area contributed by atoms with Gasteiger partial charge in [0.2, 0.25) is 0 Å². The summed E-state index contributed by atoms with van der Waals surface area (Å²) < 4.78 is 4.82. The van der Waals surface area contributed by atoms with Crippen molar-refractivity contribution < 1.29 is 9.53 Å². The van der Waals surface area contributed by atoms with E-state index in [9.17, 15) is 4.79 Å². The lowest BCUT2D eigenvalue weighted by molar-refractivity contribution is -0.138. The summed E-state index contributed by atoms with van der Waals surface area (Å²) >= 11 is 1.64. The van der Waals surface area contributed by atoms with E-state index >= 15 is 0 Å². The fourth-order valence-electron chi connectivity index (χ4n) is 1.13. The molecule has 0 aliphatic rings. The van der Waals surface area contributed by atoms with E-state index < -0.39 is 0 Å². The SMILES string of the molecule is C=C(CNCc1cnc(C)s1)C(=O)OCC. The Hall–Kier alpha value is -1.20. The van der Waals surface area contributed by atoms with Crippen LogP contribution in [-0.4, -0.2) is 24.1 Å². The van der Waals surface area contributed by atoms with Gasteiger partial charge in [-0.05, 0) is 13.8 Å². The molecule has 4 nitrogen and oxygen atoms in total. The highest BCUT2D eigenvalue weighted by atomic mass is 32.1. The minimum absolute atomic E-state index is 0.338. The number of ether oxygens (including phenoxy) is 1. The van der Waals surface area contributed by atoms with Crippen LogP contribution in [0.2, 0.25) is 0 Å². The van der Waals surface area contributed by atoms with Crippen LogP contribution in [-0.2, 0) is 16.1 Å². The van der Waals surface area contributed by atoms with Gasteiger partial charge >= 0.3 is 5.97 Å². The number of nitrogens with one attached hydrogen (secondary N) is 1. The van der Waals surface area contributed by atoms with Gasteiger partial charge in [-0.25, -0.2) is 9.78 Å². The molecule has 1 rings (SSSR count). The van der Waals surface area contributed by atoms with Gasteiger partial charge in [-0.2, -0.15) is 0 Å². The van der Waals surface area contributed by atoms with E-state index in [2.05, 4.69) is 16.9 Å². The molecule has 1 aromatic heterocycles. The van der Waals surface area contributed by atoms with Crippen molar-refractivity contribution in [2.75, 3.05) is 13.2 Å². The summed E-state index contributed by atoms with van der Waals surface area (Å²) in [6.45, 7) is 8.92. The zero-order chi connectivity index (χ0) is 12.0. The first kappa shape index (κ1) is 12.9. The number of carbonyl (C=O) groups is 1. The molecule has 0 fully saturated rings. The zero-order valence-electron chi connectivity index (χ0n) is 9.58. The largest absolute Gasteiger partial charge is 0.463 e. The molecule has 1 heterocycles. The molecule has 0 saturated heterocycles. The van der Waals surface area contributed by atoms with Crippen molar-refractivity contribution in [1.82, 2.24) is 10.3 Å². The molecule has 0 spiro atoms. The summed E-state index contributed by atoms with van der Waals surface area (Å²) in [5.74, 6) is -0.338. The number of aryl methyl sites for hydroxylation is 1. The lowest BCUT2D eigenvalue weighted by atomic mass is 10.3. The van der Waals surface area contributed by atoms with E-state index in [4.69, 9.17) is 4.74 Å². The van der Waals surface area contributed by atoms with Gasteiger partial charge in [-0.1, -0.05) is 6.58 Å². The van der Waals surface area contributed by atoms with Crippen LogP contribution in [0.1, 0.15) is 16.8 Å². The van der Waals surface area contributed by atoms with Crippen molar-refractivity contribution in [3.63, 3.8) is 0 Å². The smallest absolute Gasteiger partial charge is 0.334 e. The van der Waals surface area contributed by atoms with Gasteiger partial charge in [-0.3, -0.25) is 0 Å². The number of hydrogen-bond donors (Lipinski definition) is 1. The third-order valence-electron chi connectivity index (χ3n) is 1.87. The van der Waals surface area contributed by atoms with Crippen LogP contribution in [0.25, 0.3) is 0 Å². The van der Waals surface area contributed by atoms with E-state index in [1.807, 2.05) is 13.1 Å². The lowest BCUT2D eigenvalue weighted by Crippen LogP contribution is -2.21. The summed E-state index contributed by atoms with van der Waals surface area (Å²) in [7, 11) is 0. The standard InChI is InChI=1S/C11H16N2O2S/c1-4-15-11(14)8(2)5-12-6-10-7-13-9(3)16-10/h7,12H,2,4-6H2,1,3H3. The maximum absolute atomic E-state index is 11.2. The second kappa shape index (κ2) is 6.40. The predicted molar refractivity (Wildman–Crippen MR) is 64.3 cm³/mol. The Morgan fingerprint density at radius 2 is 2.44 bits per heavy atom. The highest BCUT2D eigenvalue weighted by molar-refractivity contribution is 7.11. The van der Waals surface area contributed by atoms with Crippen molar-refractivity contribution in [2.45, 2.75) is 20.4 Å². The average Bonchev–Trinajstić information content (AvgIpc) is 2.64. The van der Waals surface area contributed by atoms with Crippen LogP contribution in [0.15, 0.2) is 18.3 Å². The molecule has 5 heteroatoms. The maximum atomic E-state index is 11.2. The van der Waals surface area contributed by atoms with E-state index in [0.717, 1.165) is 9.88 Å². The lowest BCUT2D eigenvalue weighted by Gasteiger charge is -2.05. The Balaban J connectivity index is 2.25. The molecule has 16 heavy (non-hydrogen) atoms. The summed E-state index contributed by atoms with van der Waals surface area (Å²) in [4.78, 5) is 16.5. The monoisotopic (exact) mass is 240 g/mol. The van der Waals surface area contributed by atoms with Gasteiger partial charge in [0.05, 0.1) is 11.6 Å². The number of hydrogen-bond acceptors (Lipinski definition) is 5. The Labute approximate surface area is 99.3 Å². The third-order valence-corrected chi connectivity index (χ3v) is 2.78. The topological polar surface area (TPSA) is 51.2 Å². The second-order valence-corrected chi connectivity index (χ2v) is 4.59. The summed E-state index contributed by atoms with van der Waals surface area (Å²) in [6.07, 6.45) is 1.83. The second-order valence-electron chi connectivity index (χ2n) is 3.27. The number of thiazole rings is 1. The first-order valence-electron chi connectivity index (χ1n) is 5.10. The van der Waals surface area contributed by atoms with Crippen molar-refractivity contribution in [3.8, 4) is 0 Å². The van der Waals surface area contributed by atoms with E-state index in [1.165, 1.54) is 0 Å². The van der Waals surface area contributed by atoms with Gasteiger partial charge in [0.15, 0.2) is 0 Å². The van der Waals surface area contributed by atoms with Gasteiger partial charge in [0, 0.05) is 29.7 Å². The van der Waals surface area contributed by atoms with Crippen LogP contribution in [0.5, 0.6) is 0 Å². The number of nitrogens with zero attached hydrogens (tertiary/aromatic N) is 1. The first-order chi connectivity index (χ1) is 7.63. The summed E-state index contributed by atoms with van der Waals surface area (Å²) in [6, 6.07) is 0. The molecule has 1 N–H and O–H groups in total. The molecule has 0 aliphatic heterocycles. The van der Waals surface area contributed by atoms with Crippen LogP contribution < -0.4 is 5.32 Å². The first-order valence-corrected chi connectivity index (χ1v) is 5.92. The van der Waals surface area contributed by atoms with Crippen LogP contribution in [0.4, 0.5) is 0 Å². The summed E-state index contributed by atoms with van der Waals surface area (Å²) in [5, 5.41) is 4.17. The van der Waals surface area contributed by atoms with Crippen molar-refractivity contribution in [1.29, 1.82) is 0 Å². The van der Waals surface area contributed by atoms with Crippen LogP contribution in [0, 0.1) is 6.92 Å². The maximum Gasteiger partial charge on any atom is 0.334 e. The zero-order valence-corrected chi connectivity index (χ0v) is 10.4. The van der Waals surface area contributed by atoms with E-state index in [0.29, 0.717) is 25.3 Å². The van der Waals surface area contributed by atoms with Gasteiger partial charge in [-0.15, -0.1) is 11.3 Å². The summed E-state index contributed by atoms with van der Waals surface area (Å²) in [5.41, 5.74) is 0.447. The Morgan fingerprint density at radius 3 is 3.00 bits per heavy atom. The molecule has 0 aliphatic carbocycles. The van der Waals surface area contributed by atoms with E-state index in [1.54, 1.807) is 18.3 Å². The van der Waals surface area contributed by atoms with Gasteiger partial charge in [0.25, 0.3) is 0 Å². The number of carbonyl (C=O) groups excluding carboxylic acids is 1. The third kappa shape index (κ3) is 4.12. The highest BCUT2D eigenvalue weighted by Crippen LogP contribution is 2.10. The minimum Gasteiger partial charge on any atom is -0.463 e. The molecule has 0 radical (unpaired) electrons. The Bertz CT molecular complexity index is 374. The van der Waals surface area contributed by atoms with Crippen molar-refractivity contribution in [3.05, 3.63) is 28.2 Å². The molecule has 88 valence electrons. The number of rotatable bonds is 6. The quantitative estimate of drug-likeness (QED) is 0.607. The molecule has 0 amide bonds. The number of esters is 1. The highest BCUT2D eigenvalue weighted by Gasteiger charge is 2.07. The predicted octanol–water partition coefficient (Wildman–Crippen LogP) is 1.66. The molecular weight excluding hydrogens is 224 g/mol. The fraction of sp³-hybridized carbons (Fsp3) is 0.455. The molecule has 0 bridgehead atoms. The van der Waals surface area contributed by atoms with Crippen molar-refractivity contribution >= 4 is 17.3 Å². The van der Waals surface area contributed by atoms with Crippen LogP contribution >= 0.6 is 11.3 Å². The number of aromatic nitrogens is 1. The Morgan fingerprint density at radius 1 is 1.69 bits per heavy atom. The minimum atomic E-state index is -0.338. The molecular formula is C11H16N2O2S. The molecule has 0 aromatic carbocycles. The van der Waals surface area contributed by atoms with Gasteiger partial charge < -0.3 is 10.1 Å². The Kier molecular flexibility index (Phi) is 5.14. The average molecular weight is 240 g/mol. The van der Waals surface area contributed by atoms with Crippen LogP contribution in [0.3, 0.4) is 0 Å². The van der Waals surface area contributed by atoms with Crippen molar-refractivity contribution in [2.24, 2.45) is 0 Å². The molecule has 0 atom stereocenters.